The number of rotatable bonds is 11. The Morgan fingerprint density at radius 3 is 2.36 bits per heavy atom. The van der Waals surface area contributed by atoms with Crippen molar-refractivity contribution in [3.8, 4) is 0 Å². The molecule has 4 rings (SSSR count). The second-order valence-electron chi connectivity index (χ2n) is 9.30. The third kappa shape index (κ3) is 14.2. The Labute approximate surface area is 249 Å². The number of hydrogen-bond donors (Lipinski definition) is 3. The minimum absolute atomic E-state index is 0.0807. The van der Waals surface area contributed by atoms with Gasteiger partial charge in [0.05, 0.1) is 13.7 Å². The fourth-order valence-electron chi connectivity index (χ4n) is 4.33. The topological polar surface area (TPSA) is 113 Å². The highest BCUT2D eigenvalue weighted by Gasteiger charge is 2.22. The SMILES string of the molecule is CC.CNCCC1CCN(C(=O)NCCc2c[nH]c3ccccc23)CC1.COC=O.O=CCOCc1ccc(F)cc1. The van der Waals surface area contributed by atoms with Gasteiger partial charge in [-0.15, -0.1) is 0 Å². The van der Waals surface area contributed by atoms with E-state index in [-0.39, 0.29) is 18.5 Å². The van der Waals surface area contributed by atoms with Gasteiger partial charge in [-0.05, 0) is 74.5 Å². The summed E-state index contributed by atoms with van der Waals surface area (Å²) in [7, 11) is 3.31. The number of hydrogen-bond acceptors (Lipinski definition) is 6. The standard InChI is InChI=1S/C19H28N4O.C9H9FO2.C2H4O2.C2H6/c1-20-10-6-15-8-12-23(13-9-15)19(24)21-11-7-16-14-22-18-5-3-2-4-17(16)18;10-9-3-1-8(2-4-9)7-12-6-5-11;1-4-2-3;1-2/h2-5,14-15,20,22H,6-13H2,1H3,(H,21,24);1-5H,6-7H2;2H,1H3;1-2H3. The van der Waals surface area contributed by atoms with Crippen molar-refractivity contribution < 1.29 is 28.2 Å². The van der Waals surface area contributed by atoms with E-state index in [0.717, 1.165) is 55.9 Å². The number of aldehydes is 1. The third-order valence-corrected chi connectivity index (χ3v) is 6.51. The lowest BCUT2D eigenvalue weighted by atomic mass is 9.94. The lowest BCUT2D eigenvalue weighted by Gasteiger charge is -2.32. The van der Waals surface area contributed by atoms with Gasteiger partial charge in [0.25, 0.3) is 6.47 Å². The number of H-pyrrole nitrogens is 1. The highest BCUT2D eigenvalue weighted by Crippen LogP contribution is 2.20. The molecular weight excluding hydrogens is 539 g/mol. The quantitative estimate of drug-likeness (QED) is 0.213. The number of nitrogens with zero attached hydrogens (tertiary/aromatic N) is 1. The number of fused-ring (bicyclic) bond motifs is 1. The van der Waals surface area contributed by atoms with Crippen LogP contribution in [0.25, 0.3) is 10.9 Å². The number of aromatic amines is 1. The van der Waals surface area contributed by atoms with Crippen molar-refractivity contribution in [2.24, 2.45) is 5.92 Å². The first-order valence-corrected chi connectivity index (χ1v) is 14.5. The van der Waals surface area contributed by atoms with Crippen molar-refractivity contribution in [1.29, 1.82) is 0 Å². The molecule has 1 saturated heterocycles. The fraction of sp³-hybridized carbons (Fsp3) is 0.469. The molecule has 1 aliphatic rings. The summed E-state index contributed by atoms with van der Waals surface area (Å²) in [4.78, 5) is 36.4. The summed E-state index contributed by atoms with van der Waals surface area (Å²) in [6, 6.07) is 14.3. The molecule has 2 heterocycles. The summed E-state index contributed by atoms with van der Waals surface area (Å²) in [5.74, 6) is 0.488. The highest BCUT2D eigenvalue weighted by atomic mass is 19.1. The molecule has 3 N–H and O–H groups in total. The van der Waals surface area contributed by atoms with E-state index in [1.807, 2.05) is 38.1 Å². The van der Waals surface area contributed by atoms with Gasteiger partial charge in [0, 0.05) is 36.7 Å². The molecular formula is C32H47FN4O5. The fourth-order valence-corrected chi connectivity index (χ4v) is 4.33. The van der Waals surface area contributed by atoms with E-state index >= 15 is 0 Å². The lowest BCUT2D eigenvalue weighted by Crippen LogP contribution is -2.45. The first-order chi connectivity index (χ1) is 20.5. The molecule has 3 aromatic rings. The molecule has 0 radical (unpaired) electrons. The maximum Gasteiger partial charge on any atom is 0.317 e. The van der Waals surface area contributed by atoms with E-state index in [1.165, 1.54) is 36.6 Å². The number of nitrogens with one attached hydrogen (secondary N) is 3. The number of ether oxygens (including phenoxy) is 2. The van der Waals surface area contributed by atoms with Crippen molar-refractivity contribution >= 4 is 29.7 Å². The van der Waals surface area contributed by atoms with Crippen molar-refractivity contribution in [1.82, 2.24) is 20.5 Å². The van der Waals surface area contributed by atoms with Gasteiger partial charge in [-0.3, -0.25) is 4.79 Å². The number of amides is 2. The van der Waals surface area contributed by atoms with E-state index in [2.05, 4.69) is 38.6 Å². The molecule has 0 spiro atoms. The predicted molar refractivity (Wildman–Crippen MR) is 165 cm³/mol. The highest BCUT2D eigenvalue weighted by molar-refractivity contribution is 5.83. The normalized spacial score (nSPS) is 12.5. The van der Waals surface area contributed by atoms with Crippen LogP contribution in [-0.2, 0) is 32.1 Å². The van der Waals surface area contributed by atoms with Crippen LogP contribution in [0.2, 0.25) is 0 Å². The first-order valence-electron chi connectivity index (χ1n) is 14.5. The summed E-state index contributed by atoms with van der Waals surface area (Å²) in [5.41, 5.74) is 3.28. The zero-order valence-corrected chi connectivity index (χ0v) is 25.4. The van der Waals surface area contributed by atoms with Crippen LogP contribution in [-0.4, -0.2) is 75.6 Å². The molecule has 0 aliphatic carbocycles. The summed E-state index contributed by atoms with van der Waals surface area (Å²) in [5, 5.41) is 7.53. The average molecular weight is 587 g/mol. The summed E-state index contributed by atoms with van der Waals surface area (Å²) >= 11 is 0. The molecule has 0 atom stereocenters. The zero-order chi connectivity index (χ0) is 31.0. The molecule has 0 bridgehead atoms. The van der Waals surface area contributed by atoms with Gasteiger partial charge in [0.15, 0.2) is 0 Å². The minimum Gasteiger partial charge on any atom is -0.471 e. The van der Waals surface area contributed by atoms with Gasteiger partial charge >= 0.3 is 6.03 Å². The molecule has 0 saturated carbocycles. The number of benzene rings is 2. The molecule has 1 aliphatic heterocycles. The molecule has 0 unspecified atom stereocenters. The van der Waals surface area contributed by atoms with Crippen LogP contribution in [0.1, 0.15) is 44.2 Å². The predicted octanol–water partition coefficient (Wildman–Crippen LogP) is 5.10. The number of aromatic nitrogens is 1. The number of piperidine rings is 1. The third-order valence-electron chi connectivity index (χ3n) is 6.51. The number of para-hydroxylation sites is 1. The van der Waals surface area contributed by atoms with Crippen LogP contribution in [0.4, 0.5) is 9.18 Å². The van der Waals surface area contributed by atoms with Crippen molar-refractivity contribution in [2.45, 2.75) is 46.1 Å². The molecule has 2 amide bonds. The molecule has 232 valence electrons. The Hall–Kier alpha value is -3.76. The summed E-state index contributed by atoms with van der Waals surface area (Å²) in [6.07, 6.45) is 7.05. The Bertz CT molecular complexity index is 1130. The average Bonchev–Trinajstić information content (AvgIpc) is 3.45. The second-order valence-corrected chi connectivity index (χ2v) is 9.30. The smallest absolute Gasteiger partial charge is 0.317 e. The van der Waals surface area contributed by atoms with Crippen LogP contribution in [0.3, 0.4) is 0 Å². The van der Waals surface area contributed by atoms with Gasteiger partial charge in [-0.2, -0.15) is 0 Å². The van der Waals surface area contributed by atoms with E-state index in [9.17, 15) is 14.0 Å². The number of halogens is 1. The summed E-state index contributed by atoms with van der Waals surface area (Å²) in [6.45, 7) is 8.32. The number of carbonyl (C=O) groups excluding carboxylic acids is 3. The maximum absolute atomic E-state index is 12.4. The van der Waals surface area contributed by atoms with E-state index in [1.54, 1.807) is 12.1 Å². The lowest BCUT2D eigenvalue weighted by molar-refractivity contribution is -0.126. The Kier molecular flexibility index (Phi) is 19.8. The van der Waals surface area contributed by atoms with Crippen molar-refractivity contribution in [3.63, 3.8) is 0 Å². The van der Waals surface area contributed by atoms with Crippen LogP contribution in [0.5, 0.6) is 0 Å². The van der Waals surface area contributed by atoms with E-state index < -0.39 is 0 Å². The largest absolute Gasteiger partial charge is 0.471 e. The molecule has 1 fully saturated rings. The second kappa shape index (κ2) is 22.9. The van der Waals surface area contributed by atoms with Gasteiger partial charge in [0.1, 0.15) is 18.7 Å². The number of carbonyl (C=O) groups is 3. The molecule has 10 heteroatoms. The molecule has 9 nitrogen and oxygen atoms in total. The Morgan fingerprint density at radius 2 is 1.74 bits per heavy atom. The van der Waals surface area contributed by atoms with Gasteiger partial charge in [-0.1, -0.05) is 44.2 Å². The monoisotopic (exact) mass is 586 g/mol. The van der Waals surface area contributed by atoms with Crippen LogP contribution in [0.15, 0.2) is 54.7 Å². The summed E-state index contributed by atoms with van der Waals surface area (Å²) < 4.78 is 21.2. The number of likely N-dealkylation sites (tertiary alicyclic amines) is 1. The first kappa shape index (κ1) is 36.3. The van der Waals surface area contributed by atoms with Gasteiger partial charge in [0.2, 0.25) is 0 Å². The van der Waals surface area contributed by atoms with Gasteiger partial charge in [-0.25, -0.2) is 9.18 Å². The van der Waals surface area contributed by atoms with E-state index in [0.29, 0.717) is 25.9 Å². The minimum atomic E-state index is -0.269. The maximum atomic E-state index is 12.4. The van der Waals surface area contributed by atoms with E-state index in [4.69, 9.17) is 9.53 Å². The number of methoxy groups -OCH3 is 1. The Morgan fingerprint density at radius 1 is 1.07 bits per heavy atom. The molecule has 1 aromatic heterocycles. The van der Waals surface area contributed by atoms with Crippen LogP contribution in [0, 0.1) is 11.7 Å². The van der Waals surface area contributed by atoms with Crippen molar-refractivity contribution in [2.75, 3.05) is 46.9 Å². The molecule has 2 aromatic carbocycles. The Balaban J connectivity index is 0.000000409. The van der Waals surface area contributed by atoms with Crippen molar-refractivity contribution in [3.05, 3.63) is 71.7 Å². The van der Waals surface area contributed by atoms with Crippen LogP contribution >= 0.6 is 0 Å². The van der Waals surface area contributed by atoms with Gasteiger partial charge < -0.3 is 34.8 Å². The molecule has 42 heavy (non-hydrogen) atoms. The van der Waals surface area contributed by atoms with Crippen LogP contribution < -0.4 is 10.6 Å². The number of urea groups is 1. The zero-order valence-electron chi connectivity index (χ0n) is 25.4.